The van der Waals surface area contributed by atoms with E-state index in [9.17, 15) is 22.8 Å². The number of nitrogens with zero attached hydrogens (tertiary/aromatic N) is 2. The van der Waals surface area contributed by atoms with Gasteiger partial charge >= 0.3 is 11.8 Å². The molecule has 0 N–H and O–H groups in total. The van der Waals surface area contributed by atoms with E-state index in [1.165, 1.54) is 30.0 Å². The summed E-state index contributed by atoms with van der Waals surface area (Å²) in [5.74, 6) is -0.523. The number of hydrazone groups is 1. The van der Waals surface area contributed by atoms with Gasteiger partial charge in [-0.3, -0.25) is 4.79 Å². The van der Waals surface area contributed by atoms with Crippen LogP contribution in [0.3, 0.4) is 0 Å². The lowest BCUT2D eigenvalue weighted by molar-refractivity contribution is -0.140. The van der Waals surface area contributed by atoms with Crippen molar-refractivity contribution in [3.63, 3.8) is 0 Å². The molecular formula is C27H18BrF3N2O3S. The van der Waals surface area contributed by atoms with E-state index in [4.69, 9.17) is 4.42 Å². The van der Waals surface area contributed by atoms with Gasteiger partial charge in [0.25, 0.3) is 5.91 Å². The number of para-hydroxylation sites is 1. The van der Waals surface area contributed by atoms with Crippen molar-refractivity contribution in [3.8, 4) is 0 Å². The number of fused-ring (bicyclic) bond motifs is 1. The Morgan fingerprint density at radius 1 is 1.05 bits per heavy atom. The van der Waals surface area contributed by atoms with Crippen molar-refractivity contribution in [2.75, 3.05) is 5.75 Å². The van der Waals surface area contributed by atoms with E-state index in [1.54, 1.807) is 30.3 Å². The highest BCUT2D eigenvalue weighted by molar-refractivity contribution is 9.10. The molecule has 0 radical (unpaired) electrons. The summed E-state index contributed by atoms with van der Waals surface area (Å²) in [7, 11) is 0. The molecule has 4 aromatic rings. The van der Waals surface area contributed by atoms with E-state index >= 15 is 0 Å². The fourth-order valence-electron chi connectivity index (χ4n) is 4.20. The summed E-state index contributed by atoms with van der Waals surface area (Å²) in [4.78, 5) is 26.9. The SMILES string of the molecule is O=C(CSc1ccc(Br)cc1)N1N=C(c2cc3ccccc3oc2=O)C[C@@H]1c1ccccc1C(F)(F)F. The molecule has 0 fully saturated rings. The first-order valence-electron chi connectivity index (χ1n) is 11.2. The molecule has 5 nitrogen and oxygen atoms in total. The number of hydrogen-bond acceptors (Lipinski definition) is 5. The quantitative estimate of drug-likeness (QED) is 0.186. The van der Waals surface area contributed by atoms with Gasteiger partial charge in [0.2, 0.25) is 0 Å². The maximum Gasteiger partial charge on any atom is 0.416 e. The molecule has 0 unspecified atom stereocenters. The Morgan fingerprint density at radius 2 is 1.76 bits per heavy atom. The van der Waals surface area contributed by atoms with E-state index in [-0.39, 0.29) is 29.0 Å². The lowest BCUT2D eigenvalue weighted by Crippen LogP contribution is -2.30. The topological polar surface area (TPSA) is 62.9 Å². The van der Waals surface area contributed by atoms with Crippen LogP contribution in [0.15, 0.2) is 103 Å². The molecule has 0 saturated heterocycles. The van der Waals surface area contributed by atoms with Gasteiger partial charge in [-0.05, 0) is 48.0 Å². The number of carbonyl (C=O) groups is 1. The largest absolute Gasteiger partial charge is 0.422 e. The van der Waals surface area contributed by atoms with Gasteiger partial charge in [-0.2, -0.15) is 18.3 Å². The summed E-state index contributed by atoms with van der Waals surface area (Å²) < 4.78 is 47.9. The highest BCUT2D eigenvalue weighted by Gasteiger charge is 2.40. The third-order valence-corrected chi connectivity index (χ3v) is 7.44. The van der Waals surface area contributed by atoms with Gasteiger partial charge in [0.15, 0.2) is 0 Å². The minimum Gasteiger partial charge on any atom is -0.422 e. The maximum absolute atomic E-state index is 13.9. The summed E-state index contributed by atoms with van der Waals surface area (Å²) in [5, 5.41) is 6.10. The fourth-order valence-corrected chi connectivity index (χ4v) is 5.21. The highest BCUT2D eigenvalue weighted by Crippen LogP contribution is 2.41. The number of benzene rings is 3. The first-order chi connectivity index (χ1) is 17.7. The number of carbonyl (C=O) groups excluding carboxylic acids is 1. The Balaban J connectivity index is 1.53. The lowest BCUT2D eigenvalue weighted by Gasteiger charge is -2.24. The molecule has 188 valence electrons. The van der Waals surface area contributed by atoms with Crippen LogP contribution in [0.25, 0.3) is 11.0 Å². The van der Waals surface area contributed by atoms with Crippen LogP contribution in [0.5, 0.6) is 0 Å². The van der Waals surface area contributed by atoms with Crippen molar-refractivity contribution in [2.45, 2.75) is 23.5 Å². The van der Waals surface area contributed by atoms with Gasteiger partial charge in [-0.25, -0.2) is 9.80 Å². The van der Waals surface area contributed by atoms with E-state index in [2.05, 4.69) is 21.0 Å². The van der Waals surface area contributed by atoms with Crippen molar-refractivity contribution in [2.24, 2.45) is 5.10 Å². The molecule has 3 aromatic carbocycles. The predicted octanol–water partition coefficient (Wildman–Crippen LogP) is 7.04. The summed E-state index contributed by atoms with van der Waals surface area (Å²) in [5.41, 5.74) is -0.903. The molecule has 5 rings (SSSR count). The summed E-state index contributed by atoms with van der Waals surface area (Å²) in [6.45, 7) is 0. The van der Waals surface area contributed by atoms with Crippen LogP contribution < -0.4 is 5.63 Å². The standard InChI is InChI=1S/C27H18BrF3N2O3S/c28-17-9-11-18(12-10-17)37-15-25(34)33-23(19-6-2-3-7-21(19)27(29,30)31)14-22(32-33)20-13-16-5-1-4-8-24(16)36-26(20)35/h1-13,23H,14-15H2/t23-/m1/s1. The molecule has 0 saturated carbocycles. The van der Waals surface area contributed by atoms with Crippen molar-refractivity contribution in [3.05, 3.63) is 110 Å². The third-order valence-electron chi connectivity index (χ3n) is 5.92. The zero-order chi connectivity index (χ0) is 26.2. The van der Waals surface area contributed by atoms with Crippen molar-refractivity contribution in [1.82, 2.24) is 5.01 Å². The average molecular weight is 587 g/mol. The minimum absolute atomic E-state index is 0.0462. The number of rotatable bonds is 5. The van der Waals surface area contributed by atoms with Gasteiger partial charge in [0, 0.05) is 21.2 Å². The van der Waals surface area contributed by atoms with Crippen LogP contribution in [-0.2, 0) is 11.0 Å². The molecule has 10 heteroatoms. The highest BCUT2D eigenvalue weighted by atomic mass is 79.9. The number of amides is 1. The molecule has 2 heterocycles. The number of halogens is 4. The minimum atomic E-state index is -4.62. The number of thioether (sulfide) groups is 1. The van der Waals surface area contributed by atoms with Gasteiger partial charge in [0.1, 0.15) is 5.58 Å². The second-order valence-electron chi connectivity index (χ2n) is 8.32. The van der Waals surface area contributed by atoms with Gasteiger partial charge in [-0.1, -0.05) is 52.3 Å². The van der Waals surface area contributed by atoms with Crippen LogP contribution in [0.1, 0.15) is 29.2 Å². The van der Waals surface area contributed by atoms with E-state index in [0.29, 0.717) is 11.0 Å². The van der Waals surface area contributed by atoms with Crippen molar-refractivity contribution >= 4 is 50.3 Å². The van der Waals surface area contributed by atoms with Crippen LogP contribution in [0.2, 0.25) is 0 Å². The average Bonchev–Trinajstić information content (AvgIpc) is 3.32. The van der Waals surface area contributed by atoms with Gasteiger partial charge in [-0.15, -0.1) is 11.8 Å². The first kappa shape index (κ1) is 25.3. The monoisotopic (exact) mass is 586 g/mol. The maximum atomic E-state index is 13.9. The van der Waals surface area contributed by atoms with Crippen molar-refractivity contribution < 1.29 is 22.4 Å². The summed E-state index contributed by atoms with van der Waals surface area (Å²) in [6, 6.07) is 19.9. The Morgan fingerprint density at radius 3 is 2.51 bits per heavy atom. The first-order valence-corrected chi connectivity index (χ1v) is 13.0. The molecule has 1 aliphatic heterocycles. The zero-order valence-corrected chi connectivity index (χ0v) is 21.4. The molecular weight excluding hydrogens is 569 g/mol. The van der Waals surface area contributed by atoms with Crippen LogP contribution in [0.4, 0.5) is 13.2 Å². The van der Waals surface area contributed by atoms with Gasteiger partial charge < -0.3 is 4.42 Å². The number of hydrogen-bond donors (Lipinski definition) is 0. The Bertz CT molecular complexity index is 1570. The van der Waals surface area contributed by atoms with Crippen molar-refractivity contribution in [1.29, 1.82) is 0 Å². The number of alkyl halides is 3. The lowest BCUT2D eigenvalue weighted by atomic mass is 9.94. The van der Waals surface area contributed by atoms with Gasteiger partial charge in [0.05, 0.1) is 28.6 Å². The summed E-state index contributed by atoms with van der Waals surface area (Å²) in [6.07, 6.45) is -4.69. The summed E-state index contributed by atoms with van der Waals surface area (Å²) >= 11 is 4.61. The third kappa shape index (κ3) is 5.35. The molecule has 1 aromatic heterocycles. The molecule has 1 atom stereocenters. The second-order valence-corrected chi connectivity index (χ2v) is 10.3. The van der Waals surface area contributed by atoms with Crippen LogP contribution >= 0.6 is 27.7 Å². The van der Waals surface area contributed by atoms with E-state index in [0.717, 1.165) is 20.4 Å². The molecule has 1 aliphatic rings. The van der Waals surface area contributed by atoms with Crippen LogP contribution in [-0.4, -0.2) is 22.4 Å². The zero-order valence-electron chi connectivity index (χ0n) is 19.0. The second kappa shape index (κ2) is 10.2. The molecule has 0 bridgehead atoms. The normalized spacial score (nSPS) is 15.7. The van der Waals surface area contributed by atoms with E-state index < -0.39 is 29.3 Å². The van der Waals surface area contributed by atoms with Crippen LogP contribution in [0, 0.1) is 0 Å². The Kier molecular flexibility index (Phi) is 6.96. The Hall–Kier alpha value is -3.37. The molecule has 0 aliphatic carbocycles. The molecule has 1 amide bonds. The Labute approximate surface area is 222 Å². The fraction of sp³-hybridized carbons (Fsp3) is 0.148. The molecule has 0 spiro atoms. The predicted molar refractivity (Wildman–Crippen MR) is 140 cm³/mol. The molecule has 37 heavy (non-hydrogen) atoms. The van der Waals surface area contributed by atoms with E-state index in [1.807, 2.05) is 24.3 Å². The smallest absolute Gasteiger partial charge is 0.416 e.